The van der Waals surface area contributed by atoms with Gasteiger partial charge in [-0.1, -0.05) is 13.8 Å². The summed E-state index contributed by atoms with van der Waals surface area (Å²) in [5.74, 6) is 2.50. The molecule has 1 aromatic heterocycles. The zero-order valence-corrected chi connectivity index (χ0v) is 12.8. The van der Waals surface area contributed by atoms with Crippen molar-refractivity contribution in [2.45, 2.75) is 32.8 Å². The molecule has 1 saturated heterocycles. The Balaban J connectivity index is 2.18. The Morgan fingerprint density at radius 3 is 2.94 bits per heavy atom. The SMILES string of the molecule is CCc1nc(Br)cc(N2CCC(C)C(OC)C2)n1. The summed E-state index contributed by atoms with van der Waals surface area (Å²) in [6.07, 6.45) is 2.28. The van der Waals surface area contributed by atoms with Gasteiger partial charge in [0.05, 0.1) is 6.10 Å². The molecule has 5 heteroatoms. The lowest BCUT2D eigenvalue weighted by molar-refractivity contribution is 0.0496. The molecular formula is C13H20BrN3O. The van der Waals surface area contributed by atoms with Gasteiger partial charge in [-0.15, -0.1) is 0 Å². The van der Waals surface area contributed by atoms with Crippen molar-refractivity contribution in [3.63, 3.8) is 0 Å². The van der Waals surface area contributed by atoms with E-state index in [9.17, 15) is 0 Å². The summed E-state index contributed by atoms with van der Waals surface area (Å²) >= 11 is 3.46. The lowest BCUT2D eigenvalue weighted by Crippen LogP contribution is -2.44. The Bertz CT molecular complexity index is 413. The molecule has 0 amide bonds. The topological polar surface area (TPSA) is 38.2 Å². The zero-order chi connectivity index (χ0) is 13.1. The predicted molar refractivity (Wildman–Crippen MR) is 75.9 cm³/mol. The van der Waals surface area contributed by atoms with E-state index in [-0.39, 0.29) is 6.10 Å². The van der Waals surface area contributed by atoms with Crippen molar-refractivity contribution in [1.82, 2.24) is 9.97 Å². The highest BCUT2D eigenvalue weighted by molar-refractivity contribution is 9.10. The molecule has 2 atom stereocenters. The minimum Gasteiger partial charge on any atom is -0.379 e. The molecule has 0 spiro atoms. The van der Waals surface area contributed by atoms with Gasteiger partial charge in [-0.25, -0.2) is 9.97 Å². The van der Waals surface area contributed by atoms with Crippen LogP contribution in [-0.4, -0.2) is 36.3 Å². The molecule has 0 N–H and O–H groups in total. The largest absolute Gasteiger partial charge is 0.379 e. The monoisotopic (exact) mass is 313 g/mol. The van der Waals surface area contributed by atoms with Crippen LogP contribution in [0.2, 0.25) is 0 Å². The van der Waals surface area contributed by atoms with Crippen molar-refractivity contribution in [2.75, 3.05) is 25.1 Å². The van der Waals surface area contributed by atoms with Crippen molar-refractivity contribution in [2.24, 2.45) is 5.92 Å². The number of nitrogens with zero attached hydrogens (tertiary/aromatic N) is 3. The number of hydrogen-bond acceptors (Lipinski definition) is 4. The maximum atomic E-state index is 5.55. The molecule has 2 unspecified atom stereocenters. The molecule has 1 fully saturated rings. The molecule has 18 heavy (non-hydrogen) atoms. The van der Waals surface area contributed by atoms with Gasteiger partial charge in [0.1, 0.15) is 16.2 Å². The molecule has 2 rings (SSSR count). The second-order valence-corrected chi connectivity index (χ2v) is 5.62. The molecule has 4 nitrogen and oxygen atoms in total. The number of rotatable bonds is 3. The Labute approximate surface area is 117 Å². The maximum Gasteiger partial charge on any atom is 0.133 e. The Hall–Kier alpha value is -0.680. The summed E-state index contributed by atoms with van der Waals surface area (Å²) in [6, 6.07) is 1.99. The third-order valence-electron chi connectivity index (χ3n) is 3.56. The predicted octanol–water partition coefficient (Wildman–Crippen LogP) is 2.66. The first kappa shape index (κ1) is 13.7. The number of piperidine rings is 1. The fourth-order valence-corrected chi connectivity index (χ4v) is 2.73. The van der Waals surface area contributed by atoms with Crippen molar-refractivity contribution in [3.8, 4) is 0 Å². The molecule has 0 aliphatic carbocycles. The third-order valence-corrected chi connectivity index (χ3v) is 3.97. The van der Waals surface area contributed by atoms with Gasteiger partial charge < -0.3 is 9.64 Å². The average molecular weight is 314 g/mol. The highest BCUT2D eigenvalue weighted by Crippen LogP contribution is 2.25. The molecule has 1 aliphatic heterocycles. The number of aryl methyl sites for hydroxylation is 1. The van der Waals surface area contributed by atoms with E-state index in [1.807, 2.05) is 6.07 Å². The van der Waals surface area contributed by atoms with Gasteiger partial charge in [-0.3, -0.25) is 0 Å². The van der Waals surface area contributed by atoms with Crippen molar-refractivity contribution >= 4 is 21.7 Å². The standard InChI is InChI=1S/C13H20BrN3O/c1-4-12-15-11(14)7-13(16-12)17-6-5-9(2)10(8-17)18-3/h7,9-10H,4-6,8H2,1-3H3. The van der Waals surface area contributed by atoms with Crippen molar-refractivity contribution in [3.05, 3.63) is 16.5 Å². The Morgan fingerprint density at radius 2 is 2.28 bits per heavy atom. The van der Waals surface area contributed by atoms with E-state index in [1.165, 1.54) is 0 Å². The number of anilines is 1. The van der Waals surface area contributed by atoms with Crippen molar-refractivity contribution < 1.29 is 4.74 Å². The van der Waals surface area contributed by atoms with E-state index in [0.717, 1.165) is 42.2 Å². The number of hydrogen-bond donors (Lipinski definition) is 0. The van der Waals surface area contributed by atoms with Gasteiger partial charge >= 0.3 is 0 Å². The number of methoxy groups -OCH3 is 1. The van der Waals surface area contributed by atoms with E-state index in [2.05, 4.69) is 44.6 Å². The summed E-state index contributed by atoms with van der Waals surface area (Å²) in [5, 5.41) is 0. The van der Waals surface area contributed by atoms with Gasteiger partial charge in [0.15, 0.2) is 0 Å². The summed E-state index contributed by atoms with van der Waals surface area (Å²) < 4.78 is 6.40. The van der Waals surface area contributed by atoms with Gasteiger partial charge in [0.25, 0.3) is 0 Å². The molecule has 0 saturated carbocycles. The summed E-state index contributed by atoms with van der Waals surface area (Å²) in [5.41, 5.74) is 0. The zero-order valence-electron chi connectivity index (χ0n) is 11.2. The highest BCUT2D eigenvalue weighted by Gasteiger charge is 2.27. The first-order chi connectivity index (χ1) is 8.63. The second kappa shape index (κ2) is 5.97. The highest BCUT2D eigenvalue weighted by atomic mass is 79.9. The van der Waals surface area contributed by atoms with Crippen LogP contribution in [0.4, 0.5) is 5.82 Å². The molecule has 100 valence electrons. The van der Waals surface area contributed by atoms with E-state index >= 15 is 0 Å². The molecule has 1 aliphatic rings. The maximum absolute atomic E-state index is 5.55. The smallest absolute Gasteiger partial charge is 0.133 e. The molecular weight excluding hydrogens is 294 g/mol. The normalized spacial score (nSPS) is 24.3. The minimum atomic E-state index is 0.289. The first-order valence-electron chi connectivity index (χ1n) is 6.45. The Kier molecular flexibility index (Phi) is 4.56. The molecule has 0 radical (unpaired) electrons. The molecule has 0 aromatic carbocycles. The van der Waals surface area contributed by atoms with Crippen LogP contribution in [0.1, 0.15) is 26.1 Å². The van der Waals surface area contributed by atoms with Gasteiger partial charge in [0.2, 0.25) is 0 Å². The molecule has 0 bridgehead atoms. The molecule has 1 aromatic rings. The Morgan fingerprint density at radius 1 is 1.50 bits per heavy atom. The van der Waals surface area contributed by atoms with Crippen LogP contribution in [0.25, 0.3) is 0 Å². The van der Waals surface area contributed by atoms with Crippen molar-refractivity contribution in [1.29, 1.82) is 0 Å². The van der Waals surface area contributed by atoms with Crippen LogP contribution in [-0.2, 0) is 11.2 Å². The van der Waals surface area contributed by atoms with E-state index in [1.54, 1.807) is 7.11 Å². The van der Waals surface area contributed by atoms with Crippen LogP contribution in [0.15, 0.2) is 10.7 Å². The fraction of sp³-hybridized carbons (Fsp3) is 0.692. The number of halogens is 1. The van der Waals surface area contributed by atoms with Crippen LogP contribution in [0, 0.1) is 5.92 Å². The summed E-state index contributed by atoms with van der Waals surface area (Å²) in [4.78, 5) is 11.2. The minimum absolute atomic E-state index is 0.289. The van der Waals surface area contributed by atoms with Gasteiger partial charge in [-0.2, -0.15) is 0 Å². The second-order valence-electron chi connectivity index (χ2n) is 4.80. The van der Waals surface area contributed by atoms with Gasteiger partial charge in [0, 0.05) is 32.7 Å². The van der Waals surface area contributed by atoms with Crippen LogP contribution in [0.5, 0.6) is 0 Å². The lowest BCUT2D eigenvalue weighted by atomic mass is 9.96. The summed E-state index contributed by atoms with van der Waals surface area (Å²) in [7, 11) is 1.79. The van der Waals surface area contributed by atoms with E-state index < -0.39 is 0 Å². The van der Waals surface area contributed by atoms with Crippen LogP contribution in [0.3, 0.4) is 0 Å². The first-order valence-corrected chi connectivity index (χ1v) is 7.24. The van der Waals surface area contributed by atoms with Crippen LogP contribution >= 0.6 is 15.9 Å². The van der Waals surface area contributed by atoms with E-state index in [4.69, 9.17) is 4.74 Å². The van der Waals surface area contributed by atoms with E-state index in [0.29, 0.717) is 5.92 Å². The number of ether oxygens (including phenoxy) is 1. The van der Waals surface area contributed by atoms with Crippen LogP contribution < -0.4 is 4.90 Å². The average Bonchev–Trinajstić information content (AvgIpc) is 2.38. The quantitative estimate of drug-likeness (QED) is 0.804. The third kappa shape index (κ3) is 3.01. The van der Waals surface area contributed by atoms with Gasteiger partial charge in [-0.05, 0) is 28.3 Å². The lowest BCUT2D eigenvalue weighted by Gasteiger charge is -2.37. The number of aromatic nitrogens is 2. The fourth-order valence-electron chi connectivity index (χ4n) is 2.32. The summed E-state index contributed by atoms with van der Waals surface area (Å²) in [6.45, 7) is 6.26. The molecule has 2 heterocycles.